The standard InChI is InChI=1S/C12H14FNOS/c1-8-4-10(2-3-11(8)13)14-6-9(7-16)5-12(14)15/h2-4,9,16H,5-7H2,1H3. The quantitative estimate of drug-likeness (QED) is 0.786. The number of halogens is 1. The Morgan fingerprint density at radius 2 is 2.31 bits per heavy atom. The number of aryl methyl sites for hydroxylation is 1. The number of thiol groups is 1. The Morgan fingerprint density at radius 1 is 1.56 bits per heavy atom. The Hall–Kier alpha value is -1.03. The van der Waals surface area contributed by atoms with Gasteiger partial charge in [0.1, 0.15) is 5.82 Å². The molecule has 1 aromatic carbocycles. The van der Waals surface area contributed by atoms with Crippen LogP contribution in [0, 0.1) is 18.7 Å². The van der Waals surface area contributed by atoms with Gasteiger partial charge in [0.25, 0.3) is 0 Å². The van der Waals surface area contributed by atoms with Crippen molar-refractivity contribution in [3.05, 3.63) is 29.6 Å². The number of carbonyl (C=O) groups excluding carboxylic acids is 1. The highest BCUT2D eigenvalue weighted by Gasteiger charge is 2.29. The zero-order chi connectivity index (χ0) is 11.7. The molecule has 4 heteroatoms. The minimum absolute atomic E-state index is 0.102. The van der Waals surface area contributed by atoms with Crippen molar-refractivity contribution in [2.45, 2.75) is 13.3 Å². The van der Waals surface area contributed by atoms with Crippen LogP contribution < -0.4 is 4.90 Å². The van der Waals surface area contributed by atoms with Crippen LogP contribution in [0.2, 0.25) is 0 Å². The number of hydrogen-bond acceptors (Lipinski definition) is 2. The monoisotopic (exact) mass is 239 g/mol. The van der Waals surface area contributed by atoms with Crippen molar-refractivity contribution in [1.82, 2.24) is 0 Å². The molecule has 1 atom stereocenters. The van der Waals surface area contributed by atoms with Crippen molar-refractivity contribution in [3.8, 4) is 0 Å². The first-order chi connectivity index (χ1) is 7.61. The second-order valence-corrected chi connectivity index (χ2v) is 4.56. The van der Waals surface area contributed by atoms with Crippen LogP contribution in [0.15, 0.2) is 18.2 Å². The summed E-state index contributed by atoms with van der Waals surface area (Å²) >= 11 is 4.21. The highest BCUT2D eigenvalue weighted by molar-refractivity contribution is 7.80. The number of nitrogens with zero attached hydrogens (tertiary/aromatic N) is 1. The molecule has 2 rings (SSSR count). The Morgan fingerprint density at radius 3 is 2.88 bits per heavy atom. The lowest BCUT2D eigenvalue weighted by Crippen LogP contribution is -2.24. The molecule has 1 aliphatic rings. The minimum atomic E-state index is -0.235. The summed E-state index contributed by atoms with van der Waals surface area (Å²) in [5.41, 5.74) is 1.35. The Kier molecular flexibility index (Phi) is 3.19. The number of rotatable bonds is 2. The summed E-state index contributed by atoms with van der Waals surface area (Å²) in [5, 5.41) is 0. The second kappa shape index (κ2) is 4.45. The van der Waals surface area contributed by atoms with Crippen molar-refractivity contribution < 1.29 is 9.18 Å². The van der Waals surface area contributed by atoms with Crippen molar-refractivity contribution in [3.63, 3.8) is 0 Å². The van der Waals surface area contributed by atoms with Gasteiger partial charge >= 0.3 is 0 Å². The number of carbonyl (C=O) groups is 1. The van der Waals surface area contributed by atoms with Gasteiger partial charge in [-0.3, -0.25) is 4.79 Å². The molecule has 1 aromatic rings. The molecular formula is C12H14FNOS. The van der Waals surface area contributed by atoms with E-state index >= 15 is 0 Å². The Labute approximate surface area is 99.9 Å². The number of amides is 1. The lowest BCUT2D eigenvalue weighted by molar-refractivity contribution is -0.117. The first-order valence-electron chi connectivity index (χ1n) is 5.29. The molecule has 1 heterocycles. The van der Waals surface area contributed by atoms with Gasteiger partial charge in [-0.2, -0.15) is 12.6 Å². The van der Waals surface area contributed by atoms with Crippen molar-refractivity contribution in [2.75, 3.05) is 17.2 Å². The first kappa shape index (κ1) is 11.5. The van der Waals surface area contributed by atoms with Crippen LogP contribution in [-0.2, 0) is 4.79 Å². The fraction of sp³-hybridized carbons (Fsp3) is 0.417. The molecule has 1 amide bonds. The van der Waals surface area contributed by atoms with E-state index in [1.54, 1.807) is 24.0 Å². The van der Waals surface area contributed by atoms with Gasteiger partial charge in [-0.1, -0.05) is 0 Å². The second-order valence-electron chi connectivity index (χ2n) is 4.19. The molecule has 16 heavy (non-hydrogen) atoms. The lowest BCUT2D eigenvalue weighted by Gasteiger charge is -2.17. The zero-order valence-corrected chi connectivity index (χ0v) is 10.0. The fourth-order valence-corrected chi connectivity index (χ4v) is 2.19. The van der Waals surface area contributed by atoms with Crippen LogP contribution in [0.5, 0.6) is 0 Å². The Balaban J connectivity index is 2.24. The summed E-state index contributed by atoms with van der Waals surface area (Å²) in [4.78, 5) is 13.5. The molecule has 0 radical (unpaired) electrons. The highest BCUT2D eigenvalue weighted by Crippen LogP contribution is 2.26. The highest BCUT2D eigenvalue weighted by atomic mass is 32.1. The normalized spacial score (nSPS) is 20.6. The fourth-order valence-electron chi connectivity index (χ4n) is 1.95. The van der Waals surface area contributed by atoms with Gasteiger partial charge in [-0.15, -0.1) is 0 Å². The summed E-state index contributed by atoms with van der Waals surface area (Å²) in [7, 11) is 0. The third-order valence-electron chi connectivity index (χ3n) is 2.92. The Bertz CT molecular complexity index is 421. The average molecular weight is 239 g/mol. The van der Waals surface area contributed by atoms with Gasteiger partial charge in [-0.25, -0.2) is 4.39 Å². The molecule has 1 aliphatic heterocycles. The van der Waals surface area contributed by atoms with Gasteiger partial charge < -0.3 is 4.90 Å². The lowest BCUT2D eigenvalue weighted by atomic mass is 10.1. The van der Waals surface area contributed by atoms with Crippen LogP contribution >= 0.6 is 12.6 Å². The van der Waals surface area contributed by atoms with E-state index in [2.05, 4.69) is 12.6 Å². The molecule has 0 aromatic heterocycles. The molecule has 0 aliphatic carbocycles. The van der Waals surface area contributed by atoms with Gasteiger partial charge in [0.05, 0.1) is 0 Å². The van der Waals surface area contributed by atoms with E-state index in [0.29, 0.717) is 30.2 Å². The van der Waals surface area contributed by atoms with E-state index in [-0.39, 0.29) is 11.7 Å². The zero-order valence-electron chi connectivity index (χ0n) is 9.11. The minimum Gasteiger partial charge on any atom is -0.312 e. The number of hydrogen-bond donors (Lipinski definition) is 1. The summed E-state index contributed by atoms with van der Waals surface area (Å²) in [6, 6.07) is 4.78. The summed E-state index contributed by atoms with van der Waals surface area (Å²) in [6.45, 7) is 2.39. The molecule has 1 fully saturated rings. The van der Waals surface area contributed by atoms with E-state index in [9.17, 15) is 9.18 Å². The van der Waals surface area contributed by atoms with Gasteiger partial charge in [0.15, 0.2) is 0 Å². The predicted molar refractivity (Wildman–Crippen MR) is 65.5 cm³/mol. The molecule has 0 N–H and O–H groups in total. The van der Waals surface area contributed by atoms with Crippen LogP contribution in [0.3, 0.4) is 0 Å². The molecule has 2 nitrogen and oxygen atoms in total. The van der Waals surface area contributed by atoms with E-state index in [1.165, 1.54) is 6.07 Å². The molecule has 1 unspecified atom stereocenters. The van der Waals surface area contributed by atoms with E-state index in [0.717, 1.165) is 5.69 Å². The predicted octanol–water partition coefficient (Wildman–Crippen LogP) is 2.42. The van der Waals surface area contributed by atoms with Crippen LogP contribution in [0.25, 0.3) is 0 Å². The molecular weight excluding hydrogens is 225 g/mol. The summed E-state index contributed by atoms with van der Waals surface area (Å²) in [6.07, 6.45) is 0.542. The third-order valence-corrected chi connectivity index (χ3v) is 3.43. The van der Waals surface area contributed by atoms with Gasteiger partial charge in [0.2, 0.25) is 5.91 Å². The van der Waals surface area contributed by atoms with E-state index in [1.807, 2.05) is 0 Å². The SMILES string of the molecule is Cc1cc(N2CC(CS)CC2=O)ccc1F. The number of benzene rings is 1. The molecule has 0 bridgehead atoms. The molecule has 0 spiro atoms. The summed E-state index contributed by atoms with van der Waals surface area (Å²) < 4.78 is 13.1. The number of anilines is 1. The van der Waals surface area contributed by atoms with Gasteiger partial charge in [0, 0.05) is 18.7 Å². The smallest absolute Gasteiger partial charge is 0.227 e. The summed E-state index contributed by atoms with van der Waals surface area (Å²) in [5.74, 6) is 0.884. The van der Waals surface area contributed by atoms with Crippen LogP contribution in [0.1, 0.15) is 12.0 Å². The maximum Gasteiger partial charge on any atom is 0.227 e. The first-order valence-corrected chi connectivity index (χ1v) is 5.92. The van der Waals surface area contributed by atoms with Gasteiger partial charge in [-0.05, 0) is 42.4 Å². The van der Waals surface area contributed by atoms with E-state index < -0.39 is 0 Å². The molecule has 86 valence electrons. The average Bonchev–Trinajstić information content (AvgIpc) is 2.64. The van der Waals surface area contributed by atoms with Crippen LogP contribution in [0.4, 0.5) is 10.1 Å². The van der Waals surface area contributed by atoms with Crippen molar-refractivity contribution in [2.24, 2.45) is 5.92 Å². The maximum atomic E-state index is 13.1. The van der Waals surface area contributed by atoms with E-state index in [4.69, 9.17) is 0 Å². The molecule has 1 saturated heterocycles. The van der Waals surface area contributed by atoms with Crippen molar-refractivity contribution >= 4 is 24.2 Å². The van der Waals surface area contributed by atoms with Crippen molar-refractivity contribution in [1.29, 1.82) is 0 Å². The van der Waals surface area contributed by atoms with Crippen LogP contribution in [-0.4, -0.2) is 18.2 Å². The molecule has 0 saturated carbocycles. The largest absolute Gasteiger partial charge is 0.312 e. The topological polar surface area (TPSA) is 20.3 Å². The maximum absolute atomic E-state index is 13.1. The third kappa shape index (κ3) is 2.07.